The first-order valence-electron chi connectivity index (χ1n) is 12.3. The van der Waals surface area contributed by atoms with E-state index in [0.717, 1.165) is 53.7 Å². The second kappa shape index (κ2) is 9.69. The summed E-state index contributed by atoms with van der Waals surface area (Å²) in [5.74, 6) is 0.640. The minimum Gasteiger partial charge on any atom is -0.489 e. The van der Waals surface area contributed by atoms with Crippen LogP contribution in [0.4, 0.5) is 0 Å². The molecule has 0 saturated carbocycles. The van der Waals surface area contributed by atoms with Crippen LogP contribution in [0, 0.1) is 16.7 Å². The number of aromatic amines is 1. The second-order valence-electron chi connectivity index (χ2n) is 10.1. The van der Waals surface area contributed by atoms with Crippen molar-refractivity contribution in [3.8, 4) is 22.9 Å². The minimum absolute atomic E-state index is 0.0953. The Balaban J connectivity index is 1.43. The molecule has 3 heterocycles. The number of aromatic nitrogens is 2. The molecule has 1 saturated heterocycles. The van der Waals surface area contributed by atoms with E-state index in [1.807, 2.05) is 30.5 Å². The molecule has 1 unspecified atom stereocenters. The Bertz CT molecular complexity index is 1320. The molecule has 5 rings (SSSR count). The van der Waals surface area contributed by atoms with E-state index < -0.39 is 0 Å². The number of nitrogens with zero attached hydrogens (tertiary/aromatic N) is 3. The van der Waals surface area contributed by atoms with E-state index in [-0.39, 0.29) is 11.5 Å². The standard InChI is InChI=1S/C29H32N4O2/c1-29(19-33(2)3)11-6-20(7-12-29)26-17-25-24(8-13-31-28(25)32-26)21-4-5-27(22(16-21)18-30)35-23-9-14-34-15-10-23/h4-8,11,13,16-17,23H,9-10,12,14-15,19H2,1-3H3,(H,31,32). The van der Waals surface area contributed by atoms with E-state index >= 15 is 0 Å². The zero-order valence-corrected chi connectivity index (χ0v) is 20.7. The fourth-order valence-electron chi connectivity index (χ4n) is 5.10. The van der Waals surface area contributed by atoms with Gasteiger partial charge in [0.15, 0.2) is 0 Å². The smallest absolute Gasteiger partial charge is 0.138 e. The number of rotatable bonds is 6. The van der Waals surface area contributed by atoms with Gasteiger partial charge in [-0.2, -0.15) is 5.26 Å². The summed E-state index contributed by atoms with van der Waals surface area (Å²) in [6, 6.07) is 12.4. The van der Waals surface area contributed by atoms with Gasteiger partial charge in [-0.3, -0.25) is 0 Å². The van der Waals surface area contributed by atoms with Crippen LogP contribution in [0.15, 0.2) is 54.8 Å². The van der Waals surface area contributed by atoms with Gasteiger partial charge in [0.25, 0.3) is 0 Å². The predicted octanol–water partition coefficient (Wildman–Crippen LogP) is 5.57. The molecule has 1 N–H and O–H groups in total. The lowest BCUT2D eigenvalue weighted by Crippen LogP contribution is -2.30. The van der Waals surface area contributed by atoms with Crippen LogP contribution in [-0.4, -0.2) is 54.8 Å². The zero-order chi connectivity index (χ0) is 24.4. The predicted molar refractivity (Wildman–Crippen MR) is 139 cm³/mol. The Hall–Kier alpha value is -3.40. The highest BCUT2D eigenvalue weighted by Gasteiger charge is 2.24. The van der Waals surface area contributed by atoms with Crippen molar-refractivity contribution in [2.24, 2.45) is 5.41 Å². The van der Waals surface area contributed by atoms with Crippen LogP contribution in [0.2, 0.25) is 0 Å². The van der Waals surface area contributed by atoms with Gasteiger partial charge in [-0.05, 0) is 61.5 Å². The lowest BCUT2D eigenvalue weighted by molar-refractivity contribution is 0.0254. The van der Waals surface area contributed by atoms with E-state index in [1.54, 1.807) is 0 Å². The maximum absolute atomic E-state index is 9.81. The van der Waals surface area contributed by atoms with Crippen molar-refractivity contribution < 1.29 is 9.47 Å². The lowest BCUT2D eigenvalue weighted by atomic mass is 9.81. The Morgan fingerprint density at radius 3 is 2.77 bits per heavy atom. The minimum atomic E-state index is 0.0953. The molecule has 1 fully saturated rings. The number of hydrogen-bond acceptors (Lipinski definition) is 5. The fraction of sp³-hybridized carbons (Fsp3) is 0.379. The highest BCUT2D eigenvalue weighted by Crippen LogP contribution is 2.36. The Labute approximate surface area is 206 Å². The van der Waals surface area contributed by atoms with Crippen molar-refractivity contribution >= 4 is 16.6 Å². The maximum atomic E-state index is 9.81. The number of ether oxygens (including phenoxy) is 2. The van der Waals surface area contributed by atoms with E-state index in [0.29, 0.717) is 24.5 Å². The molecule has 0 amide bonds. The molecule has 1 aliphatic heterocycles. The summed E-state index contributed by atoms with van der Waals surface area (Å²) in [4.78, 5) is 10.3. The van der Waals surface area contributed by atoms with Crippen molar-refractivity contribution in [3.63, 3.8) is 0 Å². The number of fused-ring (bicyclic) bond motifs is 1. The number of benzene rings is 1. The summed E-state index contributed by atoms with van der Waals surface area (Å²) < 4.78 is 11.6. The van der Waals surface area contributed by atoms with Crippen LogP contribution in [0.5, 0.6) is 5.75 Å². The van der Waals surface area contributed by atoms with Crippen LogP contribution in [0.25, 0.3) is 27.7 Å². The average Bonchev–Trinajstić information content (AvgIpc) is 3.29. The molecule has 2 aliphatic rings. The zero-order valence-electron chi connectivity index (χ0n) is 20.7. The third-order valence-corrected chi connectivity index (χ3v) is 6.85. The topological polar surface area (TPSA) is 74.2 Å². The van der Waals surface area contributed by atoms with Gasteiger partial charge in [-0.25, -0.2) is 4.98 Å². The SMILES string of the molecule is CN(C)CC1(C)C=CC(c2cc3c(-c4ccc(OC5CCOCC5)c(C#N)c4)ccnc3[nH]2)=CC1. The van der Waals surface area contributed by atoms with Gasteiger partial charge >= 0.3 is 0 Å². The molecular formula is C29H32N4O2. The fourth-order valence-corrected chi connectivity index (χ4v) is 5.10. The number of allylic oxidation sites excluding steroid dienone is 3. The van der Waals surface area contributed by atoms with Crippen LogP contribution in [0.3, 0.4) is 0 Å². The van der Waals surface area contributed by atoms with Crippen molar-refractivity contribution in [1.29, 1.82) is 5.26 Å². The average molecular weight is 469 g/mol. The molecule has 1 aliphatic carbocycles. The van der Waals surface area contributed by atoms with Crippen LogP contribution < -0.4 is 4.74 Å². The van der Waals surface area contributed by atoms with Gasteiger partial charge in [-0.15, -0.1) is 0 Å². The quantitative estimate of drug-likeness (QED) is 0.512. The second-order valence-corrected chi connectivity index (χ2v) is 10.1. The molecular weight excluding hydrogens is 436 g/mol. The Morgan fingerprint density at radius 2 is 2.06 bits per heavy atom. The van der Waals surface area contributed by atoms with Crippen molar-refractivity contribution in [2.45, 2.75) is 32.3 Å². The molecule has 1 atom stereocenters. The normalized spacial score (nSPS) is 20.7. The maximum Gasteiger partial charge on any atom is 0.138 e. The number of nitriles is 1. The number of pyridine rings is 1. The molecule has 3 aromatic rings. The summed E-state index contributed by atoms with van der Waals surface area (Å²) in [5.41, 5.74) is 5.80. The van der Waals surface area contributed by atoms with Crippen LogP contribution in [-0.2, 0) is 4.74 Å². The first-order chi connectivity index (χ1) is 16.9. The van der Waals surface area contributed by atoms with Gasteiger partial charge in [0, 0.05) is 42.1 Å². The number of hydrogen-bond donors (Lipinski definition) is 1. The van der Waals surface area contributed by atoms with E-state index in [1.165, 1.54) is 5.57 Å². The summed E-state index contributed by atoms with van der Waals surface area (Å²) >= 11 is 0. The Kier molecular flexibility index (Phi) is 6.46. The summed E-state index contributed by atoms with van der Waals surface area (Å²) in [5, 5.41) is 10.9. The molecule has 0 bridgehead atoms. The van der Waals surface area contributed by atoms with E-state index in [9.17, 15) is 5.26 Å². The largest absolute Gasteiger partial charge is 0.489 e. The molecule has 35 heavy (non-hydrogen) atoms. The van der Waals surface area contributed by atoms with Crippen molar-refractivity contribution in [3.05, 3.63) is 66.0 Å². The molecule has 0 radical (unpaired) electrons. The van der Waals surface area contributed by atoms with Crippen LogP contribution in [0.1, 0.15) is 37.4 Å². The van der Waals surface area contributed by atoms with Gasteiger partial charge in [0.2, 0.25) is 0 Å². The van der Waals surface area contributed by atoms with Gasteiger partial charge in [-0.1, -0.05) is 31.2 Å². The first kappa shape index (κ1) is 23.3. The van der Waals surface area contributed by atoms with Gasteiger partial charge < -0.3 is 19.4 Å². The monoisotopic (exact) mass is 468 g/mol. The van der Waals surface area contributed by atoms with Gasteiger partial charge in [0.05, 0.1) is 18.8 Å². The molecule has 2 aromatic heterocycles. The number of nitrogens with one attached hydrogen (secondary N) is 1. The lowest BCUT2D eigenvalue weighted by Gasteiger charge is -2.30. The third-order valence-electron chi connectivity index (χ3n) is 6.85. The molecule has 6 nitrogen and oxygen atoms in total. The highest BCUT2D eigenvalue weighted by atomic mass is 16.5. The van der Waals surface area contributed by atoms with Gasteiger partial charge in [0.1, 0.15) is 23.6 Å². The third kappa shape index (κ3) is 5.02. The molecule has 1 aromatic carbocycles. The highest BCUT2D eigenvalue weighted by molar-refractivity contribution is 5.96. The molecule has 6 heteroatoms. The summed E-state index contributed by atoms with van der Waals surface area (Å²) in [6.45, 7) is 4.72. The number of H-pyrrole nitrogens is 1. The summed E-state index contributed by atoms with van der Waals surface area (Å²) in [6.07, 6.45) is 11.4. The van der Waals surface area contributed by atoms with E-state index in [2.05, 4.69) is 66.3 Å². The van der Waals surface area contributed by atoms with E-state index in [4.69, 9.17) is 9.47 Å². The van der Waals surface area contributed by atoms with Crippen molar-refractivity contribution in [1.82, 2.24) is 14.9 Å². The van der Waals surface area contributed by atoms with Crippen LogP contribution >= 0.6 is 0 Å². The Morgan fingerprint density at radius 1 is 1.23 bits per heavy atom. The molecule has 180 valence electrons. The first-order valence-corrected chi connectivity index (χ1v) is 12.3. The summed E-state index contributed by atoms with van der Waals surface area (Å²) in [7, 11) is 4.23. The molecule has 0 spiro atoms. The van der Waals surface area contributed by atoms with Crippen molar-refractivity contribution in [2.75, 3.05) is 33.9 Å².